The van der Waals surface area contributed by atoms with Crippen molar-refractivity contribution < 1.29 is 27.9 Å². The van der Waals surface area contributed by atoms with Crippen molar-refractivity contribution in [1.82, 2.24) is 25.2 Å². The number of pyridine rings is 2. The van der Waals surface area contributed by atoms with Crippen LogP contribution in [-0.2, 0) is 12.7 Å². The number of hydrogen-bond acceptors (Lipinski definition) is 7. The Bertz CT molecular complexity index is 1670. The maximum atomic E-state index is 13.4. The zero-order valence-electron chi connectivity index (χ0n) is 22.8. The van der Waals surface area contributed by atoms with Crippen LogP contribution in [0.2, 0.25) is 0 Å². The topological polar surface area (TPSA) is 138 Å². The molecule has 14 heteroatoms. The van der Waals surface area contributed by atoms with E-state index in [2.05, 4.69) is 25.9 Å². The predicted octanol–water partition coefficient (Wildman–Crippen LogP) is 4.87. The zero-order valence-corrected chi connectivity index (χ0v) is 23.7. The van der Waals surface area contributed by atoms with Crippen molar-refractivity contribution in [3.05, 3.63) is 63.5 Å². The number of aliphatic hydroxyl groups is 1. The molecule has 0 unspecified atom stereocenters. The molecule has 0 saturated heterocycles. The van der Waals surface area contributed by atoms with Gasteiger partial charge in [-0.05, 0) is 43.5 Å². The number of anilines is 1. The molecule has 222 valence electrons. The molecule has 4 aromatic rings. The first-order chi connectivity index (χ1) is 20.1. The van der Waals surface area contributed by atoms with Crippen molar-refractivity contribution in [2.45, 2.75) is 39.4 Å². The van der Waals surface area contributed by atoms with Gasteiger partial charge in [0, 0.05) is 60.5 Å². The minimum absolute atomic E-state index is 0.0350. The Morgan fingerprint density at radius 3 is 2.57 bits per heavy atom. The number of fused-ring (bicyclic) bond motifs is 1. The normalized spacial score (nSPS) is 11.5. The Balaban J connectivity index is 1.86. The molecule has 3 amide bonds. The van der Waals surface area contributed by atoms with Gasteiger partial charge in [-0.3, -0.25) is 14.9 Å². The van der Waals surface area contributed by atoms with Crippen molar-refractivity contribution in [3.8, 4) is 21.7 Å². The number of halogens is 3. The van der Waals surface area contributed by atoms with Gasteiger partial charge in [-0.1, -0.05) is 13.0 Å². The molecule has 42 heavy (non-hydrogen) atoms. The molecular formula is C28H29F3N6O4S. The Morgan fingerprint density at radius 2 is 1.90 bits per heavy atom. The van der Waals surface area contributed by atoms with Gasteiger partial charge >= 0.3 is 12.2 Å². The number of aliphatic hydroxyl groups excluding tert-OH is 1. The molecule has 0 spiro atoms. The molecule has 3 heterocycles. The first-order valence-corrected chi connectivity index (χ1v) is 14.1. The van der Waals surface area contributed by atoms with E-state index in [0.717, 1.165) is 16.7 Å². The maximum absolute atomic E-state index is 13.4. The number of aryl methyl sites for hydroxylation is 1. The highest BCUT2D eigenvalue weighted by Gasteiger charge is 2.34. The molecule has 0 aliphatic heterocycles. The summed E-state index contributed by atoms with van der Waals surface area (Å²) in [6, 6.07) is 5.84. The summed E-state index contributed by atoms with van der Waals surface area (Å²) in [4.78, 5) is 46.2. The van der Waals surface area contributed by atoms with Crippen molar-refractivity contribution in [3.63, 3.8) is 0 Å². The minimum Gasteiger partial charge on any atom is -0.396 e. The Labute approximate surface area is 242 Å². The van der Waals surface area contributed by atoms with E-state index in [-0.39, 0.29) is 29.5 Å². The molecule has 0 aliphatic rings. The minimum atomic E-state index is -4.63. The molecular weight excluding hydrogens is 573 g/mol. The first-order valence-electron chi connectivity index (χ1n) is 13.2. The summed E-state index contributed by atoms with van der Waals surface area (Å²) in [6.07, 6.45) is -0.673. The fourth-order valence-electron chi connectivity index (χ4n) is 4.30. The number of nitrogens with zero attached hydrogens (tertiary/aromatic N) is 3. The number of benzene rings is 1. The summed E-state index contributed by atoms with van der Waals surface area (Å²) in [5.74, 6) is -0.431. The SMILES string of the molecule is CCCn1cc(C(=O)NCCCO)c(=O)c2ccc(-c3cnc(NC(=O)NCC)cc3-c3nc(C(F)(F)F)cs3)cc21. The summed E-state index contributed by atoms with van der Waals surface area (Å²) < 4.78 is 41.9. The number of rotatable bonds is 10. The van der Waals surface area contributed by atoms with E-state index in [1.165, 1.54) is 18.5 Å². The lowest BCUT2D eigenvalue weighted by molar-refractivity contribution is -0.140. The fourth-order valence-corrected chi connectivity index (χ4v) is 5.16. The third-order valence-electron chi connectivity index (χ3n) is 6.23. The highest BCUT2D eigenvalue weighted by Crippen LogP contribution is 2.39. The van der Waals surface area contributed by atoms with Crippen molar-refractivity contribution >= 4 is 40.0 Å². The molecule has 0 atom stereocenters. The van der Waals surface area contributed by atoms with Gasteiger partial charge in [0.15, 0.2) is 5.69 Å². The van der Waals surface area contributed by atoms with Gasteiger partial charge in [0.1, 0.15) is 16.4 Å². The molecule has 1 aromatic carbocycles. The van der Waals surface area contributed by atoms with Gasteiger partial charge < -0.3 is 20.3 Å². The van der Waals surface area contributed by atoms with Gasteiger partial charge in [0.2, 0.25) is 5.43 Å². The third kappa shape index (κ3) is 6.77. The summed E-state index contributed by atoms with van der Waals surface area (Å²) in [6.45, 7) is 4.64. The Kier molecular flexibility index (Phi) is 9.58. The summed E-state index contributed by atoms with van der Waals surface area (Å²) in [7, 11) is 0. The highest BCUT2D eigenvalue weighted by atomic mass is 32.1. The van der Waals surface area contributed by atoms with E-state index in [1.807, 2.05) is 6.92 Å². The maximum Gasteiger partial charge on any atom is 0.434 e. The number of aromatic nitrogens is 3. The molecule has 0 aliphatic carbocycles. The van der Waals surface area contributed by atoms with Crippen molar-refractivity contribution in [2.75, 3.05) is 25.0 Å². The second kappa shape index (κ2) is 13.1. The zero-order chi connectivity index (χ0) is 30.4. The van der Waals surface area contributed by atoms with Crippen LogP contribution in [0.4, 0.5) is 23.8 Å². The molecule has 10 nitrogen and oxygen atoms in total. The molecule has 4 rings (SSSR count). The Morgan fingerprint density at radius 1 is 1.12 bits per heavy atom. The summed E-state index contributed by atoms with van der Waals surface area (Å²) in [5, 5.41) is 18.0. The third-order valence-corrected chi connectivity index (χ3v) is 7.11. The number of alkyl halides is 3. The lowest BCUT2D eigenvalue weighted by Crippen LogP contribution is -2.31. The van der Waals surface area contributed by atoms with Crippen LogP contribution in [0.3, 0.4) is 0 Å². The summed E-state index contributed by atoms with van der Waals surface area (Å²) >= 11 is 0.804. The van der Waals surface area contributed by atoms with Crippen LogP contribution in [0.15, 0.2) is 46.8 Å². The fraction of sp³-hybridized carbons (Fsp3) is 0.321. The average molecular weight is 603 g/mol. The lowest BCUT2D eigenvalue weighted by atomic mass is 9.99. The number of nitrogens with one attached hydrogen (secondary N) is 3. The van der Waals surface area contributed by atoms with E-state index in [0.29, 0.717) is 53.5 Å². The highest BCUT2D eigenvalue weighted by molar-refractivity contribution is 7.13. The van der Waals surface area contributed by atoms with E-state index >= 15 is 0 Å². The average Bonchev–Trinajstić information content (AvgIpc) is 3.46. The van der Waals surface area contributed by atoms with E-state index in [4.69, 9.17) is 5.11 Å². The van der Waals surface area contributed by atoms with Crippen molar-refractivity contribution in [1.29, 1.82) is 0 Å². The lowest BCUT2D eigenvalue weighted by Gasteiger charge is -2.15. The quantitative estimate of drug-likeness (QED) is 0.191. The van der Waals surface area contributed by atoms with Crippen LogP contribution in [0, 0.1) is 0 Å². The van der Waals surface area contributed by atoms with Gasteiger partial charge in [-0.2, -0.15) is 13.2 Å². The van der Waals surface area contributed by atoms with Crippen LogP contribution in [0.5, 0.6) is 0 Å². The molecule has 0 fully saturated rings. The molecule has 4 N–H and O–H groups in total. The standard InChI is InChI=1S/C28H29F3N6O4S/c1-3-9-37-14-20(25(40)33-8-5-10-38)24(39)17-7-6-16(11-21(17)37)19-13-34-23(36-27(41)32-4-2)12-18(19)26-35-22(15-42-26)28(29,30)31/h6-7,11-15,38H,3-5,8-10H2,1-2H3,(H,33,40)(H2,32,34,36,41). The predicted molar refractivity (Wildman–Crippen MR) is 155 cm³/mol. The Hall–Kier alpha value is -4.30. The van der Waals surface area contributed by atoms with Gasteiger partial charge in [0.25, 0.3) is 5.91 Å². The number of amides is 3. The number of carbonyl (C=O) groups excluding carboxylic acids is 2. The molecule has 3 aromatic heterocycles. The molecule has 0 bridgehead atoms. The van der Waals surface area contributed by atoms with Gasteiger partial charge in [-0.25, -0.2) is 14.8 Å². The monoisotopic (exact) mass is 602 g/mol. The van der Waals surface area contributed by atoms with E-state index in [1.54, 1.807) is 29.7 Å². The number of carbonyl (C=O) groups is 2. The van der Waals surface area contributed by atoms with Crippen molar-refractivity contribution in [2.24, 2.45) is 0 Å². The van der Waals surface area contributed by atoms with E-state index < -0.39 is 29.2 Å². The van der Waals surface area contributed by atoms with Crippen LogP contribution in [0.25, 0.3) is 32.6 Å². The molecule has 0 saturated carbocycles. The van der Waals surface area contributed by atoms with Crippen LogP contribution >= 0.6 is 11.3 Å². The number of urea groups is 1. The summed E-state index contributed by atoms with van der Waals surface area (Å²) in [5.41, 5.74) is 0.263. The first kappa shape index (κ1) is 30.7. The van der Waals surface area contributed by atoms with Crippen LogP contribution in [0.1, 0.15) is 42.7 Å². The van der Waals surface area contributed by atoms with Gasteiger partial charge in [0.05, 0.1) is 5.52 Å². The van der Waals surface area contributed by atoms with Crippen LogP contribution in [-0.4, -0.2) is 51.3 Å². The second-order valence-corrected chi connectivity index (χ2v) is 10.1. The number of hydrogen-bond donors (Lipinski definition) is 4. The largest absolute Gasteiger partial charge is 0.434 e. The van der Waals surface area contributed by atoms with Crippen LogP contribution < -0.4 is 21.4 Å². The smallest absolute Gasteiger partial charge is 0.396 e. The number of thiazole rings is 1. The second-order valence-electron chi connectivity index (χ2n) is 9.27. The molecule has 0 radical (unpaired) electrons. The van der Waals surface area contributed by atoms with Gasteiger partial charge in [-0.15, -0.1) is 11.3 Å². The van der Waals surface area contributed by atoms with E-state index in [9.17, 15) is 27.6 Å².